The third-order valence-corrected chi connectivity index (χ3v) is 2.72. The van der Waals surface area contributed by atoms with Crippen LogP contribution >= 0.6 is 0 Å². The zero-order valence-corrected chi connectivity index (χ0v) is 12.6. The lowest BCUT2D eigenvalue weighted by Gasteiger charge is -2.12. The van der Waals surface area contributed by atoms with E-state index in [1.165, 1.54) is 12.1 Å². The standard InChI is InChI=1S/C15H19FN4O/c1-5-17-14-18-13(19-15(20-14)21-9(2)3)12-7-6-11(16)8-10(12)4/h6-9H,5H2,1-4H3,(H,17,18,19,20). The average molecular weight is 290 g/mol. The number of hydrogen-bond donors (Lipinski definition) is 1. The van der Waals surface area contributed by atoms with Crippen molar-refractivity contribution in [2.24, 2.45) is 0 Å². The molecule has 5 nitrogen and oxygen atoms in total. The maximum Gasteiger partial charge on any atom is 0.322 e. The van der Waals surface area contributed by atoms with E-state index in [9.17, 15) is 4.39 Å². The van der Waals surface area contributed by atoms with Gasteiger partial charge in [0.15, 0.2) is 5.82 Å². The molecule has 0 saturated heterocycles. The minimum absolute atomic E-state index is 0.0379. The van der Waals surface area contributed by atoms with Crippen molar-refractivity contribution in [1.82, 2.24) is 15.0 Å². The van der Waals surface area contributed by atoms with Crippen LogP contribution in [-0.2, 0) is 0 Å². The van der Waals surface area contributed by atoms with Gasteiger partial charge in [0.2, 0.25) is 5.95 Å². The zero-order valence-electron chi connectivity index (χ0n) is 12.6. The Morgan fingerprint density at radius 2 is 2.00 bits per heavy atom. The molecule has 1 aromatic carbocycles. The van der Waals surface area contributed by atoms with Crippen LogP contribution in [0.3, 0.4) is 0 Å². The Kier molecular flexibility index (Phi) is 4.67. The number of aryl methyl sites for hydroxylation is 1. The van der Waals surface area contributed by atoms with E-state index in [2.05, 4.69) is 20.3 Å². The largest absolute Gasteiger partial charge is 0.461 e. The van der Waals surface area contributed by atoms with Crippen molar-refractivity contribution in [3.05, 3.63) is 29.6 Å². The highest BCUT2D eigenvalue weighted by molar-refractivity contribution is 5.61. The first-order valence-corrected chi connectivity index (χ1v) is 6.92. The number of benzene rings is 1. The van der Waals surface area contributed by atoms with Gasteiger partial charge in [0.05, 0.1) is 6.10 Å². The lowest BCUT2D eigenvalue weighted by Crippen LogP contribution is -2.12. The molecule has 2 rings (SSSR count). The fourth-order valence-corrected chi connectivity index (χ4v) is 1.86. The van der Waals surface area contributed by atoms with Gasteiger partial charge in [0.1, 0.15) is 5.82 Å². The molecule has 6 heteroatoms. The normalized spacial score (nSPS) is 10.8. The first-order chi connectivity index (χ1) is 9.99. The second-order valence-corrected chi connectivity index (χ2v) is 4.92. The number of nitrogens with zero attached hydrogens (tertiary/aromatic N) is 3. The molecule has 1 N–H and O–H groups in total. The summed E-state index contributed by atoms with van der Waals surface area (Å²) >= 11 is 0. The van der Waals surface area contributed by atoms with Crippen molar-refractivity contribution in [2.45, 2.75) is 33.8 Å². The molecule has 0 saturated carbocycles. The molecule has 0 fully saturated rings. The maximum absolute atomic E-state index is 13.2. The molecule has 21 heavy (non-hydrogen) atoms. The highest BCUT2D eigenvalue weighted by atomic mass is 19.1. The van der Waals surface area contributed by atoms with E-state index in [-0.39, 0.29) is 17.9 Å². The van der Waals surface area contributed by atoms with Gasteiger partial charge in [-0.2, -0.15) is 15.0 Å². The second-order valence-electron chi connectivity index (χ2n) is 4.92. The number of hydrogen-bond acceptors (Lipinski definition) is 5. The molecule has 1 heterocycles. The highest BCUT2D eigenvalue weighted by Gasteiger charge is 2.12. The van der Waals surface area contributed by atoms with Gasteiger partial charge in [-0.25, -0.2) is 4.39 Å². The number of nitrogens with one attached hydrogen (secondary N) is 1. The fraction of sp³-hybridized carbons (Fsp3) is 0.400. The molecule has 0 radical (unpaired) electrons. The molecule has 1 aromatic heterocycles. The molecule has 2 aromatic rings. The minimum atomic E-state index is -0.282. The van der Waals surface area contributed by atoms with E-state index in [1.807, 2.05) is 27.7 Å². The molecular weight excluding hydrogens is 271 g/mol. The monoisotopic (exact) mass is 290 g/mol. The van der Waals surface area contributed by atoms with Crippen LogP contribution in [0.2, 0.25) is 0 Å². The lowest BCUT2D eigenvalue weighted by molar-refractivity contribution is 0.222. The lowest BCUT2D eigenvalue weighted by atomic mass is 10.1. The second kappa shape index (κ2) is 6.47. The molecule has 0 aliphatic rings. The summed E-state index contributed by atoms with van der Waals surface area (Å²) in [5, 5.41) is 3.05. The van der Waals surface area contributed by atoms with Crippen LogP contribution < -0.4 is 10.1 Å². The summed E-state index contributed by atoms with van der Waals surface area (Å²) in [5.74, 6) is 0.631. The van der Waals surface area contributed by atoms with E-state index in [0.717, 1.165) is 11.1 Å². The Hall–Kier alpha value is -2.24. The first-order valence-electron chi connectivity index (χ1n) is 6.92. The Morgan fingerprint density at radius 3 is 2.62 bits per heavy atom. The fourth-order valence-electron chi connectivity index (χ4n) is 1.86. The van der Waals surface area contributed by atoms with Gasteiger partial charge >= 0.3 is 6.01 Å². The SMILES string of the molecule is CCNc1nc(OC(C)C)nc(-c2ccc(F)cc2C)n1. The number of aromatic nitrogens is 3. The molecular formula is C15H19FN4O. The van der Waals surface area contributed by atoms with Crippen LogP contribution in [0, 0.1) is 12.7 Å². The Labute approximate surface area is 123 Å². The van der Waals surface area contributed by atoms with E-state index in [0.29, 0.717) is 18.3 Å². The summed E-state index contributed by atoms with van der Waals surface area (Å²) in [4.78, 5) is 12.9. The third kappa shape index (κ3) is 3.87. The predicted octanol–water partition coefficient (Wildman–Crippen LogP) is 3.21. The van der Waals surface area contributed by atoms with Crippen molar-refractivity contribution in [3.8, 4) is 17.4 Å². The van der Waals surface area contributed by atoms with Gasteiger partial charge < -0.3 is 10.1 Å². The van der Waals surface area contributed by atoms with Crippen LogP contribution in [0.25, 0.3) is 11.4 Å². The summed E-state index contributed by atoms with van der Waals surface area (Å²) in [7, 11) is 0. The van der Waals surface area contributed by atoms with Crippen LogP contribution in [0.1, 0.15) is 26.3 Å². The minimum Gasteiger partial charge on any atom is -0.461 e. The average Bonchev–Trinajstić information content (AvgIpc) is 2.37. The van der Waals surface area contributed by atoms with Gasteiger partial charge in [-0.1, -0.05) is 0 Å². The van der Waals surface area contributed by atoms with Crippen LogP contribution in [0.5, 0.6) is 6.01 Å². The molecule has 112 valence electrons. The van der Waals surface area contributed by atoms with Gasteiger partial charge in [-0.3, -0.25) is 0 Å². The van der Waals surface area contributed by atoms with Crippen molar-refractivity contribution in [2.75, 3.05) is 11.9 Å². The molecule has 0 aliphatic heterocycles. The summed E-state index contributed by atoms with van der Waals surface area (Å²) in [6.07, 6.45) is -0.0379. The zero-order chi connectivity index (χ0) is 15.4. The number of anilines is 1. The number of ether oxygens (including phenoxy) is 1. The molecule has 0 atom stereocenters. The highest BCUT2D eigenvalue weighted by Crippen LogP contribution is 2.23. The van der Waals surface area contributed by atoms with Crippen LogP contribution in [-0.4, -0.2) is 27.6 Å². The van der Waals surface area contributed by atoms with E-state index >= 15 is 0 Å². The topological polar surface area (TPSA) is 59.9 Å². The van der Waals surface area contributed by atoms with Crippen molar-refractivity contribution in [1.29, 1.82) is 0 Å². The van der Waals surface area contributed by atoms with Gasteiger partial charge in [0.25, 0.3) is 0 Å². The van der Waals surface area contributed by atoms with Crippen molar-refractivity contribution < 1.29 is 9.13 Å². The van der Waals surface area contributed by atoms with Crippen molar-refractivity contribution in [3.63, 3.8) is 0 Å². The van der Waals surface area contributed by atoms with E-state index < -0.39 is 0 Å². The molecule has 0 aliphatic carbocycles. The molecule has 0 bridgehead atoms. The molecule has 0 spiro atoms. The Morgan fingerprint density at radius 1 is 1.24 bits per heavy atom. The quantitative estimate of drug-likeness (QED) is 0.916. The first kappa shape index (κ1) is 15.2. The van der Waals surface area contributed by atoms with E-state index in [1.54, 1.807) is 6.07 Å². The molecule has 0 amide bonds. The summed E-state index contributed by atoms with van der Waals surface area (Å²) in [5.41, 5.74) is 1.52. The predicted molar refractivity (Wildman–Crippen MR) is 79.9 cm³/mol. The number of halogens is 1. The smallest absolute Gasteiger partial charge is 0.322 e. The summed E-state index contributed by atoms with van der Waals surface area (Å²) in [6.45, 7) is 8.26. The Balaban J connectivity index is 2.48. The van der Waals surface area contributed by atoms with Gasteiger partial charge in [-0.15, -0.1) is 0 Å². The number of rotatable bonds is 5. The van der Waals surface area contributed by atoms with Crippen molar-refractivity contribution >= 4 is 5.95 Å². The maximum atomic E-state index is 13.2. The van der Waals surface area contributed by atoms with Gasteiger partial charge in [0, 0.05) is 12.1 Å². The van der Waals surface area contributed by atoms with Gasteiger partial charge in [-0.05, 0) is 51.5 Å². The third-order valence-electron chi connectivity index (χ3n) is 2.72. The van der Waals surface area contributed by atoms with E-state index in [4.69, 9.17) is 4.74 Å². The van der Waals surface area contributed by atoms with Crippen LogP contribution in [0.15, 0.2) is 18.2 Å². The Bertz CT molecular complexity index is 631. The summed E-state index contributed by atoms with van der Waals surface area (Å²) in [6, 6.07) is 4.76. The molecule has 0 unspecified atom stereocenters. The van der Waals surface area contributed by atoms with Crippen LogP contribution in [0.4, 0.5) is 10.3 Å². The summed E-state index contributed by atoms with van der Waals surface area (Å²) < 4.78 is 18.8.